The van der Waals surface area contributed by atoms with Gasteiger partial charge in [-0.3, -0.25) is 0 Å². The molecule has 0 aliphatic carbocycles. The molecule has 0 fully saturated rings. The highest BCUT2D eigenvalue weighted by Gasteiger charge is 2.26. The van der Waals surface area contributed by atoms with E-state index in [0.717, 1.165) is 22.6 Å². The lowest BCUT2D eigenvalue weighted by atomic mass is 10.2. The fraction of sp³-hybridized carbons (Fsp3) is 0.294. The Labute approximate surface area is 145 Å². The van der Waals surface area contributed by atoms with Gasteiger partial charge in [0.05, 0.1) is 18.4 Å². The van der Waals surface area contributed by atoms with E-state index in [0.29, 0.717) is 13.2 Å². The van der Waals surface area contributed by atoms with Gasteiger partial charge < -0.3 is 9.30 Å². The Balaban J connectivity index is 1.53. The van der Waals surface area contributed by atoms with Crippen molar-refractivity contribution in [2.75, 3.05) is 13.2 Å². The van der Waals surface area contributed by atoms with Crippen molar-refractivity contribution in [2.24, 2.45) is 0 Å². The summed E-state index contributed by atoms with van der Waals surface area (Å²) in [6.07, 6.45) is 1.71. The molecule has 0 bridgehead atoms. The van der Waals surface area contributed by atoms with Gasteiger partial charge in [0.25, 0.3) is 0 Å². The zero-order chi connectivity index (χ0) is 17.3. The zero-order valence-corrected chi connectivity index (χ0v) is 14.3. The minimum Gasteiger partial charge on any atom is -0.371 e. The Morgan fingerprint density at radius 3 is 2.88 bits per heavy atom. The SMILES string of the molecule is O=S(=O)(Cc1ccccc1)NCC1COCc2nc3cccnc3n21. The second-order valence-corrected chi connectivity index (χ2v) is 7.81. The highest BCUT2D eigenvalue weighted by Crippen LogP contribution is 2.24. The molecule has 25 heavy (non-hydrogen) atoms. The van der Waals surface area contributed by atoms with Gasteiger partial charge in [0.2, 0.25) is 10.0 Å². The molecule has 2 aromatic heterocycles. The van der Waals surface area contributed by atoms with Crippen LogP contribution in [-0.4, -0.2) is 36.1 Å². The first-order valence-electron chi connectivity index (χ1n) is 8.03. The van der Waals surface area contributed by atoms with Crippen LogP contribution >= 0.6 is 0 Å². The van der Waals surface area contributed by atoms with Gasteiger partial charge in [-0.05, 0) is 17.7 Å². The first kappa shape index (κ1) is 16.2. The first-order chi connectivity index (χ1) is 12.1. The van der Waals surface area contributed by atoms with Crippen molar-refractivity contribution in [3.63, 3.8) is 0 Å². The molecule has 0 spiro atoms. The fourth-order valence-electron chi connectivity index (χ4n) is 3.04. The van der Waals surface area contributed by atoms with Crippen LogP contribution in [0.5, 0.6) is 0 Å². The lowest BCUT2D eigenvalue weighted by Crippen LogP contribution is -2.36. The largest absolute Gasteiger partial charge is 0.371 e. The highest BCUT2D eigenvalue weighted by molar-refractivity contribution is 7.88. The van der Waals surface area contributed by atoms with E-state index in [2.05, 4.69) is 14.7 Å². The van der Waals surface area contributed by atoms with Crippen molar-refractivity contribution in [2.45, 2.75) is 18.4 Å². The van der Waals surface area contributed by atoms with E-state index in [-0.39, 0.29) is 18.3 Å². The van der Waals surface area contributed by atoms with E-state index in [1.807, 2.05) is 34.9 Å². The third-order valence-corrected chi connectivity index (χ3v) is 5.49. The van der Waals surface area contributed by atoms with Crippen LogP contribution in [0.2, 0.25) is 0 Å². The minimum atomic E-state index is -3.43. The lowest BCUT2D eigenvalue weighted by Gasteiger charge is -2.25. The number of imidazole rings is 1. The molecule has 7 nitrogen and oxygen atoms in total. The molecule has 4 rings (SSSR count). The van der Waals surface area contributed by atoms with E-state index < -0.39 is 10.0 Å². The number of ether oxygens (including phenoxy) is 1. The summed E-state index contributed by atoms with van der Waals surface area (Å²) in [5.74, 6) is 0.726. The normalized spacial score (nSPS) is 17.5. The number of nitrogens with zero attached hydrogens (tertiary/aromatic N) is 3. The summed E-state index contributed by atoms with van der Waals surface area (Å²) in [6.45, 7) is 1.07. The van der Waals surface area contributed by atoms with Crippen molar-refractivity contribution in [3.05, 3.63) is 60.0 Å². The lowest BCUT2D eigenvalue weighted by molar-refractivity contribution is 0.0578. The van der Waals surface area contributed by atoms with Gasteiger partial charge in [-0.25, -0.2) is 23.1 Å². The van der Waals surface area contributed by atoms with Gasteiger partial charge in [-0.2, -0.15) is 0 Å². The third-order valence-electron chi connectivity index (χ3n) is 4.17. The zero-order valence-electron chi connectivity index (χ0n) is 13.5. The second kappa shape index (κ2) is 6.55. The quantitative estimate of drug-likeness (QED) is 0.749. The Kier molecular flexibility index (Phi) is 4.24. The van der Waals surface area contributed by atoms with Crippen LogP contribution in [0.1, 0.15) is 17.4 Å². The van der Waals surface area contributed by atoms with Crippen molar-refractivity contribution in [1.82, 2.24) is 19.3 Å². The summed E-state index contributed by atoms with van der Waals surface area (Å²) in [5, 5.41) is 0. The smallest absolute Gasteiger partial charge is 0.215 e. The molecule has 0 saturated carbocycles. The number of nitrogens with one attached hydrogen (secondary N) is 1. The Morgan fingerprint density at radius 1 is 1.20 bits per heavy atom. The van der Waals surface area contributed by atoms with Crippen molar-refractivity contribution < 1.29 is 13.2 Å². The second-order valence-electron chi connectivity index (χ2n) is 6.01. The maximum absolute atomic E-state index is 12.4. The van der Waals surface area contributed by atoms with Gasteiger partial charge in [0.15, 0.2) is 5.65 Å². The molecule has 0 saturated heterocycles. The maximum atomic E-state index is 12.4. The first-order valence-corrected chi connectivity index (χ1v) is 9.68. The summed E-state index contributed by atoms with van der Waals surface area (Å²) in [5.41, 5.74) is 2.30. The van der Waals surface area contributed by atoms with E-state index in [1.165, 1.54) is 0 Å². The van der Waals surface area contributed by atoms with Crippen LogP contribution in [0.4, 0.5) is 0 Å². The molecule has 1 aliphatic rings. The summed E-state index contributed by atoms with van der Waals surface area (Å²) >= 11 is 0. The molecule has 3 heterocycles. The summed E-state index contributed by atoms with van der Waals surface area (Å²) in [6, 6.07) is 12.7. The molecular formula is C17H18N4O3S. The third kappa shape index (κ3) is 3.41. The van der Waals surface area contributed by atoms with Crippen LogP contribution in [0, 0.1) is 0 Å². The monoisotopic (exact) mass is 358 g/mol. The fourth-order valence-corrected chi connectivity index (χ4v) is 4.22. The van der Waals surface area contributed by atoms with Crippen LogP contribution < -0.4 is 4.72 Å². The number of fused-ring (bicyclic) bond motifs is 3. The average molecular weight is 358 g/mol. The number of rotatable bonds is 5. The molecule has 0 amide bonds. The molecule has 8 heteroatoms. The number of hydrogen-bond donors (Lipinski definition) is 1. The molecule has 1 N–H and O–H groups in total. The van der Waals surface area contributed by atoms with Crippen LogP contribution in [0.15, 0.2) is 48.7 Å². The van der Waals surface area contributed by atoms with Crippen molar-refractivity contribution >= 4 is 21.2 Å². The number of pyridine rings is 1. The number of sulfonamides is 1. The summed E-state index contributed by atoms with van der Waals surface area (Å²) in [4.78, 5) is 8.90. The van der Waals surface area contributed by atoms with E-state index in [9.17, 15) is 8.42 Å². The van der Waals surface area contributed by atoms with Gasteiger partial charge >= 0.3 is 0 Å². The molecule has 130 valence electrons. The number of hydrogen-bond acceptors (Lipinski definition) is 5. The van der Waals surface area contributed by atoms with E-state index in [1.54, 1.807) is 18.3 Å². The minimum absolute atomic E-state index is 0.0444. The van der Waals surface area contributed by atoms with Gasteiger partial charge in [0.1, 0.15) is 17.9 Å². The van der Waals surface area contributed by atoms with E-state index >= 15 is 0 Å². The maximum Gasteiger partial charge on any atom is 0.215 e. The standard InChI is InChI=1S/C17H18N4O3S/c22-25(23,12-13-5-2-1-3-6-13)19-9-14-10-24-11-16-20-15-7-4-8-18-17(15)21(14)16/h1-8,14,19H,9-12H2. The van der Waals surface area contributed by atoms with Crippen molar-refractivity contribution in [1.29, 1.82) is 0 Å². The molecule has 0 radical (unpaired) electrons. The predicted molar refractivity (Wildman–Crippen MR) is 93.3 cm³/mol. The average Bonchev–Trinajstić information content (AvgIpc) is 3.00. The van der Waals surface area contributed by atoms with Crippen LogP contribution in [0.25, 0.3) is 11.2 Å². The Morgan fingerprint density at radius 2 is 2.04 bits per heavy atom. The molecule has 1 aromatic carbocycles. The topological polar surface area (TPSA) is 86.1 Å². The van der Waals surface area contributed by atoms with Crippen LogP contribution in [-0.2, 0) is 27.1 Å². The molecule has 1 atom stereocenters. The summed E-state index contributed by atoms with van der Waals surface area (Å²) < 4.78 is 35.0. The Hall–Kier alpha value is -2.29. The molecule has 1 unspecified atom stereocenters. The highest BCUT2D eigenvalue weighted by atomic mass is 32.2. The van der Waals surface area contributed by atoms with Gasteiger partial charge in [-0.1, -0.05) is 30.3 Å². The predicted octanol–water partition coefficient (Wildman–Crippen LogP) is 1.62. The van der Waals surface area contributed by atoms with Gasteiger partial charge in [0, 0.05) is 12.7 Å². The van der Waals surface area contributed by atoms with Gasteiger partial charge in [-0.15, -0.1) is 0 Å². The molecule has 3 aromatic rings. The number of aromatic nitrogens is 3. The van der Waals surface area contributed by atoms with Crippen LogP contribution in [0.3, 0.4) is 0 Å². The van der Waals surface area contributed by atoms with E-state index in [4.69, 9.17) is 4.74 Å². The molecular weight excluding hydrogens is 340 g/mol. The number of benzene rings is 1. The van der Waals surface area contributed by atoms with Crippen molar-refractivity contribution in [3.8, 4) is 0 Å². The molecule has 1 aliphatic heterocycles. The Bertz CT molecular complexity index is 986. The summed E-state index contributed by atoms with van der Waals surface area (Å²) in [7, 11) is -3.43.